The Balaban J connectivity index is 1.88. The molecule has 0 saturated heterocycles. The molecule has 3 nitrogen and oxygen atoms in total. The van der Waals surface area contributed by atoms with Gasteiger partial charge in [-0.1, -0.05) is 35.9 Å². The normalized spacial score (nSPS) is 12.1. The summed E-state index contributed by atoms with van der Waals surface area (Å²) in [6.07, 6.45) is -0.340. The Morgan fingerprint density at radius 3 is 2.67 bits per heavy atom. The lowest BCUT2D eigenvalue weighted by Gasteiger charge is -2.10. The number of ether oxygens (including phenoxy) is 1. The molecule has 0 aliphatic heterocycles. The van der Waals surface area contributed by atoms with Gasteiger partial charge in [-0.2, -0.15) is 0 Å². The van der Waals surface area contributed by atoms with E-state index in [0.29, 0.717) is 24.7 Å². The maximum atomic E-state index is 9.22. The van der Waals surface area contributed by atoms with Crippen molar-refractivity contribution in [2.24, 2.45) is 0 Å². The van der Waals surface area contributed by atoms with Crippen molar-refractivity contribution in [3.8, 4) is 5.75 Å². The first-order chi connectivity index (χ1) is 10.1. The molecule has 0 heterocycles. The summed E-state index contributed by atoms with van der Waals surface area (Å²) >= 11 is 5.95. The highest BCUT2D eigenvalue weighted by Gasteiger charge is 2.00. The Morgan fingerprint density at radius 2 is 1.90 bits per heavy atom. The van der Waals surface area contributed by atoms with E-state index in [9.17, 15) is 5.11 Å². The summed E-state index contributed by atoms with van der Waals surface area (Å²) in [4.78, 5) is 0. The van der Waals surface area contributed by atoms with Crippen molar-refractivity contribution in [3.05, 3.63) is 64.7 Å². The molecule has 0 amide bonds. The third-order valence-electron chi connectivity index (χ3n) is 2.96. The van der Waals surface area contributed by atoms with E-state index in [2.05, 4.69) is 5.32 Å². The molecule has 0 saturated carbocycles. The van der Waals surface area contributed by atoms with E-state index in [1.54, 1.807) is 6.92 Å². The molecule has 0 radical (unpaired) electrons. The van der Waals surface area contributed by atoms with Gasteiger partial charge in [-0.15, -0.1) is 0 Å². The predicted octanol–water partition coefficient (Wildman–Crippen LogP) is 3.39. The SMILES string of the molecule is C[C@@H](O)CNCc1cccc(OCc2cccc(Cl)c2)c1. The van der Waals surface area contributed by atoms with E-state index in [1.807, 2.05) is 48.5 Å². The lowest BCUT2D eigenvalue weighted by molar-refractivity contribution is 0.191. The lowest BCUT2D eigenvalue weighted by Crippen LogP contribution is -2.23. The van der Waals surface area contributed by atoms with Crippen LogP contribution in [0.4, 0.5) is 0 Å². The molecule has 0 aliphatic rings. The number of hydrogen-bond donors (Lipinski definition) is 2. The monoisotopic (exact) mass is 305 g/mol. The van der Waals surface area contributed by atoms with Crippen LogP contribution in [0.5, 0.6) is 5.75 Å². The first-order valence-corrected chi connectivity index (χ1v) is 7.36. The Morgan fingerprint density at radius 1 is 1.14 bits per heavy atom. The van der Waals surface area contributed by atoms with Crippen molar-refractivity contribution >= 4 is 11.6 Å². The fraction of sp³-hybridized carbons (Fsp3) is 0.294. The van der Waals surface area contributed by atoms with Gasteiger partial charge in [0.25, 0.3) is 0 Å². The minimum absolute atomic E-state index is 0.340. The fourth-order valence-corrected chi connectivity index (χ4v) is 2.18. The van der Waals surface area contributed by atoms with Crippen LogP contribution in [0.3, 0.4) is 0 Å². The standard InChI is InChI=1S/C17H20ClNO2/c1-13(20)10-19-11-14-4-3-7-17(9-14)21-12-15-5-2-6-16(18)8-15/h2-9,13,19-20H,10-12H2,1H3/t13-/m1/s1. The maximum Gasteiger partial charge on any atom is 0.120 e. The van der Waals surface area contributed by atoms with Crippen LogP contribution in [-0.2, 0) is 13.2 Å². The molecule has 0 fully saturated rings. The molecule has 0 unspecified atom stereocenters. The van der Waals surface area contributed by atoms with Crippen LogP contribution < -0.4 is 10.1 Å². The molecular weight excluding hydrogens is 286 g/mol. The van der Waals surface area contributed by atoms with Crippen LogP contribution >= 0.6 is 11.6 Å². The Labute approximate surface area is 130 Å². The second kappa shape index (κ2) is 8.03. The molecule has 2 aromatic carbocycles. The van der Waals surface area contributed by atoms with E-state index < -0.39 is 0 Å². The lowest BCUT2D eigenvalue weighted by atomic mass is 10.2. The van der Waals surface area contributed by atoms with Crippen LogP contribution in [0, 0.1) is 0 Å². The van der Waals surface area contributed by atoms with Crippen molar-refractivity contribution in [3.63, 3.8) is 0 Å². The predicted molar refractivity (Wildman–Crippen MR) is 85.6 cm³/mol. The van der Waals surface area contributed by atoms with Crippen LogP contribution in [0.25, 0.3) is 0 Å². The topological polar surface area (TPSA) is 41.5 Å². The summed E-state index contributed by atoms with van der Waals surface area (Å²) < 4.78 is 5.78. The van der Waals surface area contributed by atoms with Crippen LogP contribution in [0.1, 0.15) is 18.1 Å². The van der Waals surface area contributed by atoms with Crippen molar-refractivity contribution in [1.29, 1.82) is 0 Å². The third kappa shape index (κ3) is 5.76. The molecule has 4 heteroatoms. The molecule has 0 spiro atoms. The number of benzene rings is 2. The number of aliphatic hydroxyl groups excluding tert-OH is 1. The van der Waals surface area contributed by atoms with Gasteiger partial charge in [0, 0.05) is 18.1 Å². The quantitative estimate of drug-likeness (QED) is 0.824. The first-order valence-electron chi connectivity index (χ1n) is 6.98. The van der Waals surface area contributed by atoms with Gasteiger partial charge in [0.05, 0.1) is 6.10 Å². The van der Waals surface area contributed by atoms with Gasteiger partial charge in [0.2, 0.25) is 0 Å². The number of nitrogens with one attached hydrogen (secondary N) is 1. The van der Waals surface area contributed by atoms with Crippen LogP contribution in [0.2, 0.25) is 5.02 Å². The zero-order valence-electron chi connectivity index (χ0n) is 12.1. The molecule has 2 aromatic rings. The summed E-state index contributed by atoms with van der Waals surface area (Å²) in [5, 5.41) is 13.1. The highest BCUT2D eigenvalue weighted by atomic mass is 35.5. The Kier molecular flexibility index (Phi) is 6.05. The summed E-state index contributed by atoms with van der Waals surface area (Å²) in [6.45, 7) is 3.54. The van der Waals surface area contributed by atoms with E-state index in [0.717, 1.165) is 16.9 Å². The molecule has 2 N–H and O–H groups in total. The largest absolute Gasteiger partial charge is 0.489 e. The number of aliphatic hydroxyl groups is 1. The minimum Gasteiger partial charge on any atom is -0.489 e. The van der Waals surface area contributed by atoms with Gasteiger partial charge in [0.15, 0.2) is 0 Å². The summed E-state index contributed by atoms with van der Waals surface area (Å²) in [7, 11) is 0. The summed E-state index contributed by atoms with van der Waals surface area (Å²) in [5.41, 5.74) is 2.17. The van der Waals surface area contributed by atoms with Crippen molar-refractivity contribution in [2.75, 3.05) is 6.54 Å². The van der Waals surface area contributed by atoms with E-state index in [4.69, 9.17) is 16.3 Å². The Hall–Kier alpha value is -1.55. The smallest absolute Gasteiger partial charge is 0.120 e. The van der Waals surface area contributed by atoms with Gasteiger partial charge in [-0.3, -0.25) is 0 Å². The molecule has 1 atom stereocenters. The number of rotatable bonds is 7. The van der Waals surface area contributed by atoms with Crippen molar-refractivity contribution in [2.45, 2.75) is 26.2 Å². The number of hydrogen-bond acceptors (Lipinski definition) is 3. The van der Waals surface area contributed by atoms with Gasteiger partial charge in [-0.25, -0.2) is 0 Å². The Bertz CT molecular complexity index is 572. The van der Waals surface area contributed by atoms with E-state index in [1.165, 1.54) is 0 Å². The average molecular weight is 306 g/mol. The molecule has 21 heavy (non-hydrogen) atoms. The van der Waals surface area contributed by atoms with Gasteiger partial charge in [-0.05, 0) is 42.3 Å². The third-order valence-corrected chi connectivity index (χ3v) is 3.20. The first kappa shape index (κ1) is 15.8. The molecule has 0 bridgehead atoms. The summed E-state index contributed by atoms with van der Waals surface area (Å²) in [6, 6.07) is 15.6. The maximum absolute atomic E-state index is 9.22. The minimum atomic E-state index is -0.340. The highest BCUT2D eigenvalue weighted by molar-refractivity contribution is 6.30. The van der Waals surface area contributed by atoms with E-state index in [-0.39, 0.29) is 6.10 Å². The zero-order valence-corrected chi connectivity index (χ0v) is 12.8. The molecule has 0 aromatic heterocycles. The highest BCUT2D eigenvalue weighted by Crippen LogP contribution is 2.17. The molecular formula is C17H20ClNO2. The van der Waals surface area contributed by atoms with E-state index >= 15 is 0 Å². The van der Waals surface area contributed by atoms with Gasteiger partial charge >= 0.3 is 0 Å². The molecule has 0 aliphatic carbocycles. The van der Waals surface area contributed by atoms with Crippen molar-refractivity contribution in [1.82, 2.24) is 5.32 Å². The van der Waals surface area contributed by atoms with Crippen LogP contribution in [-0.4, -0.2) is 17.8 Å². The van der Waals surface area contributed by atoms with Gasteiger partial charge in [0.1, 0.15) is 12.4 Å². The molecule has 2 rings (SSSR count). The zero-order chi connectivity index (χ0) is 15.1. The average Bonchev–Trinajstić information content (AvgIpc) is 2.45. The van der Waals surface area contributed by atoms with Crippen molar-refractivity contribution < 1.29 is 9.84 Å². The molecule has 112 valence electrons. The number of halogens is 1. The second-order valence-electron chi connectivity index (χ2n) is 5.05. The van der Waals surface area contributed by atoms with Gasteiger partial charge < -0.3 is 15.2 Å². The van der Waals surface area contributed by atoms with Crippen LogP contribution in [0.15, 0.2) is 48.5 Å². The second-order valence-corrected chi connectivity index (χ2v) is 5.48. The summed E-state index contributed by atoms with van der Waals surface area (Å²) in [5.74, 6) is 0.825. The fourth-order valence-electron chi connectivity index (χ4n) is 1.96.